The Labute approximate surface area is 244 Å². The summed E-state index contributed by atoms with van der Waals surface area (Å²) in [6.07, 6.45) is 0. The number of carbonyl (C=O) groups is 2. The van der Waals surface area contributed by atoms with Gasteiger partial charge in [-0.25, -0.2) is 9.79 Å². The molecule has 1 amide bonds. The van der Waals surface area contributed by atoms with Crippen molar-refractivity contribution in [3.8, 4) is 11.5 Å². The third-order valence-corrected chi connectivity index (χ3v) is 8.40. The van der Waals surface area contributed by atoms with Crippen LogP contribution in [0.3, 0.4) is 0 Å². The zero-order chi connectivity index (χ0) is 29.5. The van der Waals surface area contributed by atoms with E-state index in [1.165, 1.54) is 17.7 Å². The Balaban J connectivity index is 1.59. The van der Waals surface area contributed by atoms with Crippen molar-refractivity contribution in [3.05, 3.63) is 120 Å². The second-order valence-electron chi connectivity index (χ2n) is 9.82. The minimum atomic E-state index is -0.920. The van der Waals surface area contributed by atoms with Gasteiger partial charge in [0.1, 0.15) is 4.53 Å². The van der Waals surface area contributed by atoms with E-state index in [4.69, 9.17) is 9.47 Å². The summed E-state index contributed by atoms with van der Waals surface area (Å²) in [7, 11) is 1.42. The van der Waals surface area contributed by atoms with Crippen LogP contribution in [0.5, 0.6) is 11.5 Å². The summed E-state index contributed by atoms with van der Waals surface area (Å²) in [5.74, 6) is -0.785. The summed E-state index contributed by atoms with van der Waals surface area (Å²) in [6.45, 7) is 3.88. The number of fused-ring (bicyclic) bond motifs is 2. The largest absolute Gasteiger partial charge is 0.504 e. The van der Waals surface area contributed by atoms with E-state index in [0.717, 1.165) is 22.6 Å². The van der Waals surface area contributed by atoms with Crippen molar-refractivity contribution in [1.29, 1.82) is 0 Å². The van der Waals surface area contributed by atoms with Crippen LogP contribution in [0.15, 0.2) is 93.9 Å². The molecule has 0 radical (unpaired) electrons. The molecule has 2 aliphatic heterocycles. The zero-order valence-electron chi connectivity index (χ0n) is 23.2. The fourth-order valence-electron chi connectivity index (χ4n) is 5.44. The number of hydrogen-bond acceptors (Lipinski definition) is 8. The van der Waals surface area contributed by atoms with Crippen LogP contribution in [-0.2, 0) is 20.9 Å². The highest BCUT2D eigenvalue weighted by Crippen LogP contribution is 2.38. The SMILES string of the molecule is CCOC(=O)C1=C(C)N=c2s/c(=C3/C(=O)N(Cc4ccccc4)c4ccccc43)c(=O)n2[C@H]1c1ccc(O)c(OC)c1. The minimum absolute atomic E-state index is 0.0825. The Morgan fingerprint density at radius 1 is 1.05 bits per heavy atom. The number of rotatable bonds is 6. The molecule has 2 aliphatic rings. The van der Waals surface area contributed by atoms with Gasteiger partial charge < -0.3 is 19.5 Å². The molecular formula is C32H27N3O6S. The van der Waals surface area contributed by atoms with Gasteiger partial charge >= 0.3 is 5.97 Å². The van der Waals surface area contributed by atoms with Crippen LogP contribution in [-0.4, -0.2) is 35.3 Å². The fraction of sp³-hybridized carbons (Fsp3) is 0.188. The quantitative estimate of drug-likeness (QED) is 0.350. The molecular weight excluding hydrogens is 554 g/mol. The van der Waals surface area contributed by atoms with Gasteiger partial charge in [0, 0.05) is 5.56 Å². The number of thiazole rings is 1. The van der Waals surface area contributed by atoms with E-state index >= 15 is 0 Å². The molecule has 6 rings (SSSR count). The molecule has 3 aromatic carbocycles. The predicted molar refractivity (Wildman–Crippen MR) is 158 cm³/mol. The van der Waals surface area contributed by atoms with Gasteiger partial charge in [0.15, 0.2) is 16.3 Å². The van der Waals surface area contributed by atoms with E-state index in [1.54, 1.807) is 30.9 Å². The van der Waals surface area contributed by atoms with Gasteiger partial charge in [-0.15, -0.1) is 0 Å². The number of benzene rings is 3. The Hall–Kier alpha value is -4.96. The monoisotopic (exact) mass is 581 g/mol. The molecule has 0 bridgehead atoms. The van der Waals surface area contributed by atoms with Crippen molar-refractivity contribution >= 4 is 34.5 Å². The summed E-state index contributed by atoms with van der Waals surface area (Å²) in [4.78, 5) is 48.2. The number of nitrogens with zero attached hydrogens (tertiary/aromatic N) is 3. The van der Waals surface area contributed by atoms with E-state index in [2.05, 4.69) is 4.99 Å². The highest BCUT2D eigenvalue weighted by Gasteiger charge is 2.37. The minimum Gasteiger partial charge on any atom is -0.504 e. The van der Waals surface area contributed by atoms with Crippen LogP contribution in [0, 0.1) is 0 Å². The average Bonchev–Trinajstić information content (AvgIpc) is 3.45. The molecule has 0 saturated heterocycles. The first kappa shape index (κ1) is 27.2. The summed E-state index contributed by atoms with van der Waals surface area (Å²) < 4.78 is 12.3. The zero-order valence-corrected chi connectivity index (χ0v) is 24.0. The molecule has 10 heteroatoms. The first-order valence-corrected chi connectivity index (χ1v) is 14.2. The lowest BCUT2D eigenvalue weighted by atomic mass is 9.95. The van der Waals surface area contributed by atoms with Crippen molar-refractivity contribution in [1.82, 2.24) is 4.57 Å². The van der Waals surface area contributed by atoms with Gasteiger partial charge in [-0.3, -0.25) is 14.2 Å². The molecule has 0 spiro atoms. The maximum Gasteiger partial charge on any atom is 0.338 e. The number of aromatic hydroxyl groups is 1. The second kappa shape index (κ2) is 10.8. The normalized spacial score (nSPS) is 17.1. The maximum absolute atomic E-state index is 14.3. The Morgan fingerprint density at radius 3 is 2.52 bits per heavy atom. The smallest absolute Gasteiger partial charge is 0.338 e. The fourth-order valence-corrected chi connectivity index (χ4v) is 6.58. The lowest BCUT2D eigenvalue weighted by Gasteiger charge is -2.25. The number of methoxy groups -OCH3 is 1. The van der Waals surface area contributed by atoms with E-state index in [-0.39, 0.29) is 34.1 Å². The Morgan fingerprint density at radius 2 is 1.79 bits per heavy atom. The molecule has 1 atom stereocenters. The summed E-state index contributed by atoms with van der Waals surface area (Å²) >= 11 is 1.11. The van der Waals surface area contributed by atoms with Crippen molar-refractivity contribution in [3.63, 3.8) is 0 Å². The van der Waals surface area contributed by atoms with Crippen LogP contribution in [0.1, 0.15) is 36.6 Å². The van der Waals surface area contributed by atoms with Crippen LogP contribution in [0.2, 0.25) is 0 Å². The van der Waals surface area contributed by atoms with Gasteiger partial charge in [-0.2, -0.15) is 0 Å². The number of phenols is 1. The van der Waals surface area contributed by atoms with Gasteiger partial charge in [0.2, 0.25) is 0 Å². The number of anilines is 1. The van der Waals surface area contributed by atoms with E-state index in [9.17, 15) is 19.5 Å². The van der Waals surface area contributed by atoms with Crippen molar-refractivity contribution in [2.75, 3.05) is 18.6 Å². The number of allylic oxidation sites excluding steroid dienone is 1. The third kappa shape index (κ3) is 4.40. The molecule has 0 aliphatic carbocycles. The van der Waals surface area contributed by atoms with Crippen molar-refractivity contribution in [2.24, 2.45) is 4.99 Å². The van der Waals surface area contributed by atoms with Crippen molar-refractivity contribution < 1.29 is 24.2 Å². The maximum atomic E-state index is 14.3. The number of para-hydroxylation sites is 1. The number of phenolic OH excluding ortho intramolecular Hbond substituents is 1. The van der Waals surface area contributed by atoms with E-state index in [0.29, 0.717) is 33.7 Å². The topological polar surface area (TPSA) is 110 Å². The van der Waals surface area contributed by atoms with E-state index in [1.807, 2.05) is 54.6 Å². The van der Waals surface area contributed by atoms with Crippen LogP contribution < -0.4 is 24.5 Å². The number of amides is 1. The highest BCUT2D eigenvalue weighted by molar-refractivity contribution is 7.07. The second-order valence-corrected chi connectivity index (χ2v) is 10.8. The number of ether oxygens (including phenoxy) is 2. The Bertz CT molecular complexity index is 1960. The number of aromatic nitrogens is 1. The molecule has 4 aromatic rings. The molecule has 1 N–H and O–H groups in total. The van der Waals surface area contributed by atoms with Crippen molar-refractivity contribution in [2.45, 2.75) is 26.4 Å². The summed E-state index contributed by atoms with van der Waals surface area (Å²) in [6, 6.07) is 20.8. The van der Waals surface area contributed by atoms with Crippen LogP contribution in [0.25, 0.3) is 5.57 Å². The molecule has 1 aromatic heterocycles. The van der Waals surface area contributed by atoms with Gasteiger partial charge in [0.05, 0.1) is 48.8 Å². The van der Waals surface area contributed by atoms with Gasteiger partial charge in [-0.05, 0) is 43.2 Å². The molecule has 212 valence electrons. The summed E-state index contributed by atoms with van der Waals surface area (Å²) in [5, 5.41) is 10.2. The molecule has 9 nitrogen and oxygen atoms in total. The standard InChI is InChI=1S/C32H27N3O6S/c1-4-41-31(39)25-18(2)33-32-35(27(25)20-14-15-23(36)24(16-20)40-3)30(38)28(42-32)26-21-12-8-9-13-22(21)34(29(26)37)17-19-10-6-5-7-11-19/h5-16,27,36H,4,17H2,1-3H3/b28-26+/t27-/m0/s1. The number of carbonyl (C=O) groups excluding carboxylic acids is 2. The first-order valence-electron chi connectivity index (χ1n) is 13.4. The first-order chi connectivity index (χ1) is 20.3. The molecule has 0 fully saturated rings. The Kier molecular flexibility index (Phi) is 6.99. The lowest BCUT2D eigenvalue weighted by Crippen LogP contribution is -2.41. The molecule has 0 saturated carbocycles. The summed E-state index contributed by atoms with van der Waals surface area (Å²) in [5.41, 5.74) is 3.28. The highest BCUT2D eigenvalue weighted by atomic mass is 32.1. The third-order valence-electron chi connectivity index (χ3n) is 7.35. The predicted octanol–water partition coefficient (Wildman–Crippen LogP) is 3.43. The van der Waals surface area contributed by atoms with Gasteiger partial charge in [-0.1, -0.05) is 65.9 Å². The molecule has 42 heavy (non-hydrogen) atoms. The number of esters is 1. The van der Waals surface area contributed by atoms with Crippen LogP contribution >= 0.6 is 11.3 Å². The average molecular weight is 582 g/mol. The molecule has 3 heterocycles. The van der Waals surface area contributed by atoms with Gasteiger partial charge in [0.25, 0.3) is 11.5 Å². The lowest BCUT2D eigenvalue weighted by molar-refractivity contribution is -0.139. The van der Waals surface area contributed by atoms with Crippen LogP contribution in [0.4, 0.5) is 5.69 Å². The molecule has 0 unspecified atom stereocenters. The number of hydrogen-bond donors (Lipinski definition) is 1. The van der Waals surface area contributed by atoms with E-state index < -0.39 is 17.6 Å².